The highest BCUT2D eigenvalue weighted by Gasteiger charge is 2.20. The van der Waals surface area contributed by atoms with Crippen molar-refractivity contribution in [1.82, 2.24) is 15.3 Å². The van der Waals surface area contributed by atoms with E-state index in [-0.39, 0.29) is 5.56 Å². The molecule has 0 saturated carbocycles. The second-order valence-electron chi connectivity index (χ2n) is 4.50. The molecule has 0 amide bonds. The van der Waals surface area contributed by atoms with Gasteiger partial charge >= 0.3 is 0 Å². The van der Waals surface area contributed by atoms with Crippen molar-refractivity contribution in [3.05, 3.63) is 41.9 Å². The van der Waals surface area contributed by atoms with Crippen molar-refractivity contribution in [2.24, 2.45) is 0 Å². The van der Waals surface area contributed by atoms with Crippen molar-refractivity contribution in [2.75, 3.05) is 13.1 Å². The number of hydrogen-bond donors (Lipinski definition) is 2. The number of nitrogens with one attached hydrogen (secondary N) is 2. The van der Waals surface area contributed by atoms with Gasteiger partial charge in [-0.3, -0.25) is 0 Å². The lowest BCUT2D eigenvalue weighted by molar-refractivity contribution is 0.602. The highest BCUT2D eigenvalue weighted by atomic mass is 19.1. The van der Waals surface area contributed by atoms with E-state index in [0.717, 1.165) is 37.5 Å². The third-order valence-corrected chi connectivity index (χ3v) is 3.26. The predicted molar refractivity (Wildman–Crippen MR) is 64.2 cm³/mol. The van der Waals surface area contributed by atoms with Crippen LogP contribution in [-0.4, -0.2) is 23.1 Å². The van der Waals surface area contributed by atoms with Gasteiger partial charge in [0.15, 0.2) is 0 Å². The van der Waals surface area contributed by atoms with Gasteiger partial charge in [0.25, 0.3) is 0 Å². The quantitative estimate of drug-likeness (QED) is 0.858. The summed E-state index contributed by atoms with van der Waals surface area (Å²) in [7, 11) is 0. The smallest absolute Gasteiger partial charge is 0.132 e. The lowest BCUT2D eigenvalue weighted by Crippen LogP contribution is -2.08. The minimum atomic E-state index is -0.454. The lowest BCUT2D eigenvalue weighted by Gasteiger charge is -2.04. The first-order valence-electron chi connectivity index (χ1n) is 5.95. The van der Waals surface area contributed by atoms with Crippen LogP contribution in [0.1, 0.15) is 18.2 Å². The molecule has 1 unspecified atom stereocenters. The first-order valence-corrected chi connectivity index (χ1v) is 5.95. The van der Waals surface area contributed by atoms with Gasteiger partial charge in [-0.1, -0.05) is 0 Å². The van der Waals surface area contributed by atoms with Crippen molar-refractivity contribution in [3.8, 4) is 11.3 Å². The van der Waals surface area contributed by atoms with E-state index < -0.39 is 11.6 Å². The van der Waals surface area contributed by atoms with Crippen LogP contribution >= 0.6 is 0 Å². The molecule has 2 heterocycles. The highest BCUT2D eigenvalue weighted by molar-refractivity contribution is 5.59. The number of aromatic nitrogens is 2. The minimum absolute atomic E-state index is 0.222. The Balaban J connectivity index is 1.94. The highest BCUT2D eigenvalue weighted by Crippen LogP contribution is 2.25. The average molecular weight is 249 g/mol. The molecule has 0 spiro atoms. The molecular formula is C13H13F2N3. The summed E-state index contributed by atoms with van der Waals surface area (Å²) in [5.41, 5.74) is 0.744. The molecule has 1 fully saturated rings. The zero-order valence-electron chi connectivity index (χ0n) is 9.71. The first-order chi connectivity index (χ1) is 8.74. The van der Waals surface area contributed by atoms with Gasteiger partial charge in [0.2, 0.25) is 0 Å². The number of aromatic amines is 1. The number of imidazole rings is 1. The molecule has 1 aliphatic rings. The molecule has 1 saturated heterocycles. The Labute approximate surface area is 103 Å². The van der Waals surface area contributed by atoms with Crippen LogP contribution in [0.5, 0.6) is 0 Å². The number of rotatable bonds is 2. The van der Waals surface area contributed by atoms with E-state index in [1.54, 1.807) is 6.20 Å². The van der Waals surface area contributed by atoms with E-state index in [1.165, 1.54) is 6.07 Å². The van der Waals surface area contributed by atoms with Crippen LogP contribution in [0, 0.1) is 11.6 Å². The van der Waals surface area contributed by atoms with Gasteiger partial charge in [-0.15, -0.1) is 0 Å². The molecule has 2 aromatic rings. The summed E-state index contributed by atoms with van der Waals surface area (Å²) < 4.78 is 26.7. The Morgan fingerprint density at radius 2 is 2.17 bits per heavy atom. The number of hydrogen-bond acceptors (Lipinski definition) is 2. The van der Waals surface area contributed by atoms with Crippen molar-refractivity contribution >= 4 is 0 Å². The molecule has 1 atom stereocenters. The number of nitrogens with zero attached hydrogens (tertiary/aromatic N) is 1. The Morgan fingerprint density at radius 3 is 2.94 bits per heavy atom. The maximum atomic E-state index is 13.6. The fraction of sp³-hybridized carbons (Fsp3) is 0.308. The standard InChI is InChI=1S/C13H13F2N3/c14-9-1-2-11(15)10(5-9)12-7-17-13(18-12)8-3-4-16-6-8/h1-2,5,7-8,16H,3-4,6H2,(H,17,18). The molecule has 1 aliphatic heterocycles. The van der Waals surface area contributed by atoms with Gasteiger partial charge in [-0.25, -0.2) is 13.8 Å². The second kappa shape index (κ2) is 4.49. The molecular weight excluding hydrogens is 236 g/mol. The molecule has 5 heteroatoms. The summed E-state index contributed by atoms with van der Waals surface area (Å²) in [6, 6.07) is 3.42. The van der Waals surface area contributed by atoms with E-state index in [9.17, 15) is 8.78 Å². The Bertz CT molecular complexity index is 559. The second-order valence-corrected chi connectivity index (χ2v) is 4.50. The third-order valence-electron chi connectivity index (χ3n) is 3.26. The van der Waals surface area contributed by atoms with E-state index in [0.29, 0.717) is 11.6 Å². The van der Waals surface area contributed by atoms with Crippen molar-refractivity contribution in [2.45, 2.75) is 12.3 Å². The molecule has 0 radical (unpaired) electrons. The number of halogens is 2. The zero-order valence-corrected chi connectivity index (χ0v) is 9.71. The van der Waals surface area contributed by atoms with E-state index in [1.807, 2.05) is 0 Å². The van der Waals surface area contributed by atoms with Gasteiger partial charge in [0, 0.05) is 18.0 Å². The molecule has 3 rings (SSSR count). The Hall–Kier alpha value is -1.75. The summed E-state index contributed by atoms with van der Waals surface area (Å²) in [6.45, 7) is 1.84. The zero-order chi connectivity index (χ0) is 12.5. The Morgan fingerprint density at radius 1 is 1.28 bits per heavy atom. The van der Waals surface area contributed by atoms with Crippen LogP contribution in [-0.2, 0) is 0 Å². The van der Waals surface area contributed by atoms with E-state index in [2.05, 4.69) is 15.3 Å². The van der Waals surface area contributed by atoms with Gasteiger partial charge < -0.3 is 10.3 Å². The summed E-state index contributed by atoms with van der Waals surface area (Å²) in [6.07, 6.45) is 2.57. The van der Waals surface area contributed by atoms with Crippen LogP contribution in [0.25, 0.3) is 11.3 Å². The number of benzene rings is 1. The predicted octanol–water partition coefficient (Wildman–Crippen LogP) is 2.43. The molecule has 0 aliphatic carbocycles. The maximum absolute atomic E-state index is 13.6. The van der Waals surface area contributed by atoms with Crippen molar-refractivity contribution in [3.63, 3.8) is 0 Å². The van der Waals surface area contributed by atoms with Crippen molar-refractivity contribution in [1.29, 1.82) is 0 Å². The summed E-state index contributed by atoms with van der Waals surface area (Å²) in [5, 5.41) is 3.25. The molecule has 0 bridgehead atoms. The molecule has 1 aromatic carbocycles. The maximum Gasteiger partial charge on any atom is 0.132 e. The van der Waals surface area contributed by atoms with E-state index in [4.69, 9.17) is 0 Å². The SMILES string of the molecule is Fc1ccc(F)c(-c2cnc(C3CCNC3)[nH]2)c1. The van der Waals surface area contributed by atoms with Gasteiger partial charge in [-0.2, -0.15) is 0 Å². The average Bonchev–Trinajstić information content (AvgIpc) is 3.00. The topological polar surface area (TPSA) is 40.7 Å². The lowest BCUT2D eigenvalue weighted by atomic mass is 10.1. The third kappa shape index (κ3) is 2.01. The molecule has 94 valence electrons. The monoisotopic (exact) mass is 249 g/mol. The van der Waals surface area contributed by atoms with Gasteiger partial charge in [0.05, 0.1) is 11.9 Å². The molecule has 2 N–H and O–H groups in total. The number of H-pyrrole nitrogens is 1. The summed E-state index contributed by atoms with van der Waals surface area (Å²) in [5.74, 6) is 0.260. The van der Waals surface area contributed by atoms with E-state index >= 15 is 0 Å². The van der Waals surface area contributed by atoms with Crippen LogP contribution < -0.4 is 5.32 Å². The first kappa shape index (κ1) is 11.3. The van der Waals surface area contributed by atoms with Gasteiger partial charge in [0.1, 0.15) is 17.5 Å². The van der Waals surface area contributed by atoms with Crippen LogP contribution in [0.15, 0.2) is 24.4 Å². The summed E-state index contributed by atoms with van der Waals surface area (Å²) in [4.78, 5) is 7.34. The molecule has 1 aromatic heterocycles. The molecule has 3 nitrogen and oxygen atoms in total. The van der Waals surface area contributed by atoms with Gasteiger partial charge in [-0.05, 0) is 31.2 Å². The molecule has 18 heavy (non-hydrogen) atoms. The van der Waals surface area contributed by atoms with Crippen LogP contribution in [0.3, 0.4) is 0 Å². The summed E-state index contributed by atoms with van der Waals surface area (Å²) >= 11 is 0. The normalized spacial score (nSPS) is 19.3. The minimum Gasteiger partial charge on any atom is -0.342 e. The van der Waals surface area contributed by atoms with Crippen LogP contribution in [0.4, 0.5) is 8.78 Å². The fourth-order valence-electron chi connectivity index (χ4n) is 2.27. The fourth-order valence-corrected chi connectivity index (χ4v) is 2.27. The van der Waals surface area contributed by atoms with Crippen molar-refractivity contribution < 1.29 is 8.78 Å². The van der Waals surface area contributed by atoms with Crippen LogP contribution in [0.2, 0.25) is 0 Å². The largest absolute Gasteiger partial charge is 0.342 e. The Kier molecular flexibility index (Phi) is 2.83.